The molecule has 5 nitrogen and oxygen atoms in total. The van der Waals surface area contributed by atoms with Crippen molar-refractivity contribution in [2.24, 2.45) is 5.92 Å². The van der Waals surface area contributed by atoms with Gasteiger partial charge in [0.2, 0.25) is 0 Å². The van der Waals surface area contributed by atoms with Crippen LogP contribution in [0.5, 0.6) is 0 Å². The second-order valence-electron chi connectivity index (χ2n) is 3.92. The lowest BCUT2D eigenvalue weighted by Crippen LogP contribution is -2.24. The molecule has 7 heteroatoms. The van der Waals surface area contributed by atoms with Gasteiger partial charge in [-0.05, 0) is 13.0 Å². The first kappa shape index (κ1) is 14.6. The van der Waals surface area contributed by atoms with Gasteiger partial charge in [-0.15, -0.1) is 0 Å². The number of nitro groups is 1. The van der Waals surface area contributed by atoms with Crippen LogP contribution in [0.25, 0.3) is 0 Å². The van der Waals surface area contributed by atoms with Gasteiger partial charge in [0.25, 0.3) is 5.69 Å². The molecule has 0 aliphatic heterocycles. The van der Waals surface area contributed by atoms with E-state index in [0.29, 0.717) is 12.2 Å². The van der Waals surface area contributed by atoms with Gasteiger partial charge >= 0.3 is 0 Å². The normalized spacial score (nSPS) is 11.7. The van der Waals surface area contributed by atoms with Crippen molar-refractivity contribution in [1.29, 1.82) is 5.26 Å². The van der Waals surface area contributed by atoms with Crippen LogP contribution in [0, 0.1) is 27.4 Å². The van der Waals surface area contributed by atoms with Crippen LogP contribution in [0.3, 0.4) is 0 Å². The summed E-state index contributed by atoms with van der Waals surface area (Å²) in [6, 6.07) is 4.72. The molecule has 18 heavy (non-hydrogen) atoms. The third-order valence-corrected chi connectivity index (χ3v) is 3.12. The fraction of sp³-hybridized carbons (Fsp3) is 0.364. The zero-order valence-corrected chi connectivity index (χ0v) is 11.4. The molecule has 0 bridgehead atoms. The molecule has 96 valence electrons. The molecule has 0 fully saturated rings. The largest absolute Gasteiger partial charge is 0.368 e. The second kappa shape index (κ2) is 5.89. The van der Waals surface area contributed by atoms with Gasteiger partial charge in [0.15, 0.2) is 0 Å². The van der Waals surface area contributed by atoms with E-state index in [1.54, 1.807) is 18.9 Å². The number of nitro benzene ring substituents is 1. The highest BCUT2D eigenvalue weighted by atomic mass is 35.5. The van der Waals surface area contributed by atoms with Crippen molar-refractivity contribution in [3.63, 3.8) is 0 Å². The predicted octanol–water partition coefficient (Wildman–Crippen LogP) is 3.50. The maximum absolute atomic E-state index is 11.0. The Balaban J connectivity index is 3.18. The Bertz CT molecular complexity index is 514. The molecular formula is C11H11Cl2N3O2. The molecule has 0 spiro atoms. The molecule has 1 aromatic rings. The van der Waals surface area contributed by atoms with Crippen LogP contribution < -0.4 is 4.90 Å². The molecule has 1 unspecified atom stereocenters. The van der Waals surface area contributed by atoms with Crippen LogP contribution in [-0.2, 0) is 0 Å². The molecular weight excluding hydrogens is 277 g/mol. The maximum atomic E-state index is 11.0. The Morgan fingerprint density at radius 2 is 2.06 bits per heavy atom. The van der Waals surface area contributed by atoms with Crippen molar-refractivity contribution in [1.82, 2.24) is 0 Å². The molecule has 0 aliphatic carbocycles. The summed E-state index contributed by atoms with van der Waals surface area (Å²) in [4.78, 5) is 12.1. The van der Waals surface area contributed by atoms with E-state index >= 15 is 0 Å². The molecule has 0 aliphatic rings. The summed E-state index contributed by atoms with van der Waals surface area (Å²) in [5.74, 6) is -0.246. The summed E-state index contributed by atoms with van der Waals surface area (Å²) in [6.45, 7) is 2.11. The zero-order chi connectivity index (χ0) is 13.9. The van der Waals surface area contributed by atoms with Crippen LogP contribution in [-0.4, -0.2) is 18.5 Å². The molecule has 0 radical (unpaired) electrons. The van der Waals surface area contributed by atoms with Gasteiger partial charge in [-0.1, -0.05) is 23.2 Å². The van der Waals surface area contributed by atoms with E-state index in [1.807, 2.05) is 0 Å². The SMILES string of the molecule is CC(C#N)CN(C)c1cc(Cl)c(Cl)cc1[N+](=O)[O-]. The first-order chi connectivity index (χ1) is 8.36. The van der Waals surface area contributed by atoms with Crippen LogP contribution in [0.15, 0.2) is 12.1 Å². The van der Waals surface area contributed by atoms with Crippen molar-refractivity contribution in [2.45, 2.75) is 6.92 Å². The van der Waals surface area contributed by atoms with Gasteiger partial charge in [-0.25, -0.2) is 0 Å². The molecule has 1 aromatic carbocycles. The highest BCUT2D eigenvalue weighted by Crippen LogP contribution is 2.35. The Hall–Kier alpha value is -1.51. The molecule has 0 heterocycles. The van der Waals surface area contributed by atoms with Gasteiger partial charge in [-0.3, -0.25) is 10.1 Å². The number of rotatable bonds is 4. The average molecular weight is 288 g/mol. The van der Waals surface area contributed by atoms with Gasteiger partial charge in [-0.2, -0.15) is 5.26 Å². The Kier molecular flexibility index (Phi) is 4.76. The van der Waals surface area contributed by atoms with E-state index < -0.39 is 4.92 Å². The fourth-order valence-corrected chi connectivity index (χ4v) is 1.84. The molecule has 0 aromatic heterocycles. The smallest absolute Gasteiger partial charge is 0.294 e. The number of anilines is 1. The summed E-state index contributed by atoms with van der Waals surface area (Å²) in [5, 5.41) is 20.1. The predicted molar refractivity (Wildman–Crippen MR) is 71.2 cm³/mol. The average Bonchev–Trinajstić information content (AvgIpc) is 2.31. The van der Waals surface area contributed by atoms with E-state index in [2.05, 4.69) is 6.07 Å². The Labute approximate surface area is 115 Å². The van der Waals surface area contributed by atoms with Gasteiger partial charge in [0, 0.05) is 19.7 Å². The lowest BCUT2D eigenvalue weighted by molar-refractivity contribution is -0.384. The molecule has 1 atom stereocenters. The summed E-state index contributed by atoms with van der Waals surface area (Å²) in [6.07, 6.45) is 0. The maximum Gasteiger partial charge on any atom is 0.294 e. The van der Waals surface area contributed by atoms with Crippen LogP contribution in [0.2, 0.25) is 10.0 Å². The third kappa shape index (κ3) is 3.25. The monoisotopic (exact) mass is 287 g/mol. The zero-order valence-electron chi connectivity index (χ0n) is 9.85. The summed E-state index contributed by atoms with van der Waals surface area (Å²) in [7, 11) is 1.67. The van der Waals surface area contributed by atoms with Gasteiger partial charge in [0.05, 0.1) is 27.0 Å². The highest BCUT2D eigenvalue weighted by molar-refractivity contribution is 6.42. The van der Waals surface area contributed by atoms with E-state index in [9.17, 15) is 10.1 Å². The van der Waals surface area contributed by atoms with Crippen LogP contribution in [0.1, 0.15) is 6.92 Å². The number of nitrogens with zero attached hydrogens (tertiary/aromatic N) is 3. The Morgan fingerprint density at radius 1 is 1.50 bits per heavy atom. The summed E-state index contributed by atoms with van der Waals surface area (Å²) < 4.78 is 0. The van der Waals surface area contributed by atoms with Crippen LogP contribution in [0.4, 0.5) is 11.4 Å². The van der Waals surface area contributed by atoms with Gasteiger partial charge < -0.3 is 4.90 Å². The van der Waals surface area contributed by atoms with E-state index in [4.69, 9.17) is 28.5 Å². The minimum Gasteiger partial charge on any atom is -0.368 e. The fourth-order valence-electron chi connectivity index (χ4n) is 1.53. The minimum atomic E-state index is -0.523. The van der Waals surface area contributed by atoms with Crippen molar-refractivity contribution in [3.05, 3.63) is 32.3 Å². The molecule has 0 N–H and O–H groups in total. The van der Waals surface area contributed by atoms with E-state index in [1.165, 1.54) is 12.1 Å². The van der Waals surface area contributed by atoms with Gasteiger partial charge in [0.1, 0.15) is 5.69 Å². The second-order valence-corrected chi connectivity index (χ2v) is 4.74. The number of nitriles is 1. The highest BCUT2D eigenvalue weighted by Gasteiger charge is 2.20. The molecule has 0 saturated heterocycles. The van der Waals surface area contributed by atoms with Crippen molar-refractivity contribution in [2.75, 3.05) is 18.5 Å². The molecule has 0 amide bonds. The molecule has 1 rings (SSSR count). The quantitative estimate of drug-likeness (QED) is 0.628. The first-order valence-electron chi connectivity index (χ1n) is 5.11. The molecule has 0 saturated carbocycles. The lowest BCUT2D eigenvalue weighted by Gasteiger charge is -2.20. The number of benzene rings is 1. The summed E-state index contributed by atoms with van der Waals surface area (Å²) in [5.41, 5.74) is 0.216. The van der Waals surface area contributed by atoms with Crippen molar-refractivity contribution >= 4 is 34.6 Å². The van der Waals surface area contributed by atoms with E-state index in [-0.39, 0.29) is 21.7 Å². The third-order valence-electron chi connectivity index (χ3n) is 2.39. The standard InChI is InChI=1S/C11H11Cl2N3O2/c1-7(5-14)6-15(2)10-3-8(12)9(13)4-11(10)16(17)18/h3-4,7H,6H2,1-2H3. The topological polar surface area (TPSA) is 70.2 Å². The van der Waals surface area contributed by atoms with E-state index in [0.717, 1.165) is 0 Å². The first-order valence-corrected chi connectivity index (χ1v) is 5.86. The number of halogens is 2. The van der Waals surface area contributed by atoms with Crippen LogP contribution >= 0.6 is 23.2 Å². The van der Waals surface area contributed by atoms with Crippen molar-refractivity contribution in [3.8, 4) is 6.07 Å². The summed E-state index contributed by atoms with van der Waals surface area (Å²) >= 11 is 11.6. The lowest BCUT2D eigenvalue weighted by atomic mass is 10.1. The minimum absolute atomic E-state index is 0.128. The Morgan fingerprint density at radius 3 is 2.56 bits per heavy atom. The number of hydrogen-bond acceptors (Lipinski definition) is 4. The van der Waals surface area contributed by atoms with Crippen molar-refractivity contribution < 1.29 is 4.92 Å². The number of hydrogen-bond donors (Lipinski definition) is 0.